The Morgan fingerprint density at radius 3 is 2.44 bits per heavy atom. The van der Waals surface area contributed by atoms with Crippen molar-refractivity contribution in [2.45, 2.75) is 27.3 Å². The highest BCUT2D eigenvalue weighted by atomic mass is 35.5. The molecule has 0 atom stereocenters. The second kappa shape index (κ2) is 8.18. The minimum Gasteiger partial charge on any atom is -0.347 e. The standard InChI is InChI=1S/C21H21ClN4O/c1-13-4-6-16(7-5-13)12-23-20(27)19-11-15(3)24-21(26-19)25-18-9-8-17(22)10-14(18)2/h4-11H,12H2,1-3H3,(H,23,27)(H,24,25,26). The molecule has 0 unspecified atom stereocenters. The molecule has 1 heterocycles. The Morgan fingerprint density at radius 1 is 1.00 bits per heavy atom. The summed E-state index contributed by atoms with van der Waals surface area (Å²) in [4.78, 5) is 21.2. The maximum absolute atomic E-state index is 12.5. The van der Waals surface area contributed by atoms with Gasteiger partial charge < -0.3 is 10.6 Å². The zero-order valence-corrected chi connectivity index (χ0v) is 16.3. The third-order valence-corrected chi connectivity index (χ3v) is 4.33. The fraction of sp³-hybridized carbons (Fsp3) is 0.190. The van der Waals surface area contributed by atoms with E-state index in [1.165, 1.54) is 5.56 Å². The average molecular weight is 381 g/mol. The van der Waals surface area contributed by atoms with Gasteiger partial charge in [0, 0.05) is 22.9 Å². The van der Waals surface area contributed by atoms with E-state index < -0.39 is 0 Å². The second-order valence-corrected chi connectivity index (χ2v) is 6.91. The second-order valence-electron chi connectivity index (χ2n) is 6.47. The molecule has 2 N–H and O–H groups in total. The van der Waals surface area contributed by atoms with E-state index in [4.69, 9.17) is 11.6 Å². The van der Waals surface area contributed by atoms with Crippen molar-refractivity contribution in [2.24, 2.45) is 0 Å². The van der Waals surface area contributed by atoms with Crippen LogP contribution in [-0.2, 0) is 6.54 Å². The van der Waals surface area contributed by atoms with E-state index in [-0.39, 0.29) is 5.91 Å². The normalized spacial score (nSPS) is 10.5. The zero-order chi connectivity index (χ0) is 19.4. The first-order valence-corrected chi connectivity index (χ1v) is 9.01. The van der Waals surface area contributed by atoms with Crippen LogP contribution in [0.5, 0.6) is 0 Å². The molecule has 0 fully saturated rings. The molecule has 138 valence electrons. The molecule has 0 aliphatic rings. The Balaban J connectivity index is 1.73. The summed E-state index contributed by atoms with van der Waals surface area (Å²) < 4.78 is 0. The Hall–Kier alpha value is -2.92. The smallest absolute Gasteiger partial charge is 0.270 e. The molecule has 0 saturated carbocycles. The number of rotatable bonds is 5. The molecule has 0 aliphatic carbocycles. The summed E-state index contributed by atoms with van der Waals surface area (Å²) in [5.74, 6) is 0.137. The number of hydrogen-bond acceptors (Lipinski definition) is 4. The van der Waals surface area contributed by atoms with E-state index in [2.05, 4.69) is 20.6 Å². The summed E-state index contributed by atoms with van der Waals surface area (Å²) in [6.45, 7) is 6.25. The van der Waals surface area contributed by atoms with Crippen molar-refractivity contribution in [2.75, 3.05) is 5.32 Å². The lowest BCUT2D eigenvalue weighted by Gasteiger charge is -2.11. The SMILES string of the molecule is Cc1ccc(CNC(=O)c2cc(C)nc(Nc3ccc(Cl)cc3C)n2)cc1. The molecule has 0 spiro atoms. The Kier molecular flexibility index (Phi) is 5.72. The van der Waals surface area contributed by atoms with Crippen molar-refractivity contribution < 1.29 is 4.79 Å². The molecule has 1 aromatic heterocycles. The van der Waals surface area contributed by atoms with Gasteiger partial charge in [-0.15, -0.1) is 0 Å². The van der Waals surface area contributed by atoms with Crippen LogP contribution in [0.3, 0.4) is 0 Å². The number of nitrogens with zero attached hydrogens (tertiary/aromatic N) is 2. The zero-order valence-electron chi connectivity index (χ0n) is 15.5. The van der Waals surface area contributed by atoms with Crippen molar-refractivity contribution in [1.82, 2.24) is 15.3 Å². The van der Waals surface area contributed by atoms with E-state index >= 15 is 0 Å². The number of aromatic nitrogens is 2. The van der Waals surface area contributed by atoms with Gasteiger partial charge in [-0.2, -0.15) is 0 Å². The van der Waals surface area contributed by atoms with Gasteiger partial charge >= 0.3 is 0 Å². The van der Waals surface area contributed by atoms with Gasteiger partial charge in [0.25, 0.3) is 5.91 Å². The number of aryl methyl sites for hydroxylation is 3. The Labute approximate surface area is 163 Å². The van der Waals surface area contributed by atoms with Crippen LogP contribution in [0, 0.1) is 20.8 Å². The highest BCUT2D eigenvalue weighted by Crippen LogP contribution is 2.22. The maximum Gasteiger partial charge on any atom is 0.270 e. The first kappa shape index (κ1) is 18.9. The van der Waals surface area contributed by atoms with Gasteiger partial charge in [0.05, 0.1) is 0 Å². The van der Waals surface area contributed by atoms with Crippen LogP contribution in [0.1, 0.15) is 32.9 Å². The molecule has 1 amide bonds. The predicted molar refractivity (Wildman–Crippen MR) is 109 cm³/mol. The molecule has 2 aromatic carbocycles. The lowest BCUT2D eigenvalue weighted by atomic mass is 10.1. The Morgan fingerprint density at radius 2 is 1.74 bits per heavy atom. The number of amides is 1. The number of hydrogen-bond donors (Lipinski definition) is 2. The summed E-state index contributed by atoms with van der Waals surface area (Å²) >= 11 is 5.99. The predicted octanol–water partition coefficient (Wildman–Crippen LogP) is 4.73. The monoisotopic (exact) mass is 380 g/mol. The van der Waals surface area contributed by atoms with Crippen LogP contribution in [0.4, 0.5) is 11.6 Å². The number of carbonyl (C=O) groups excluding carboxylic acids is 1. The molecule has 3 aromatic rings. The molecule has 0 radical (unpaired) electrons. The number of nitrogens with one attached hydrogen (secondary N) is 2. The molecular weight excluding hydrogens is 360 g/mol. The summed E-state index contributed by atoms with van der Waals surface area (Å²) in [6, 6.07) is 15.2. The van der Waals surface area contributed by atoms with Crippen LogP contribution in [0.2, 0.25) is 5.02 Å². The third-order valence-electron chi connectivity index (χ3n) is 4.10. The molecule has 0 aliphatic heterocycles. The summed E-state index contributed by atoms with van der Waals surface area (Å²) in [6.07, 6.45) is 0. The molecule has 5 nitrogen and oxygen atoms in total. The van der Waals surface area contributed by atoms with Gasteiger partial charge in [-0.3, -0.25) is 4.79 Å². The molecule has 6 heteroatoms. The highest BCUT2D eigenvalue weighted by molar-refractivity contribution is 6.30. The van der Waals surface area contributed by atoms with Crippen molar-refractivity contribution in [3.63, 3.8) is 0 Å². The van der Waals surface area contributed by atoms with E-state index in [9.17, 15) is 4.79 Å². The van der Waals surface area contributed by atoms with Gasteiger partial charge in [-0.1, -0.05) is 41.4 Å². The van der Waals surface area contributed by atoms with Gasteiger partial charge in [-0.25, -0.2) is 9.97 Å². The lowest BCUT2D eigenvalue weighted by molar-refractivity contribution is 0.0945. The molecular formula is C21H21ClN4O. The lowest BCUT2D eigenvalue weighted by Crippen LogP contribution is -2.24. The molecule has 27 heavy (non-hydrogen) atoms. The third kappa shape index (κ3) is 5.05. The first-order chi connectivity index (χ1) is 12.9. The van der Waals surface area contributed by atoms with Gasteiger partial charge in [0.1, 0.15) is 5.69 Å². The summed E-state index contributed by atoms with van der Waals surface area (Å²) in [5, 5.41) is 6.72. The van der Waals surface area contributed by atoms with Crippen molar-refractivity contribution >= 4 is 29.1 Å². The number of benzene rings is 2. The van der Waals surface area contributed by atoms with Crippen LogP contribution >= 0.6 is 11.6 Å². The van der Waals surface area contributed by atoms with E-state index in [1.54, 1.807) is 12.1 Å². The number of carbonyl (C=O) groups is 1. The van der Waals surface area contributed by atoms with E-state index in [0.717, 1.165) is 16.8 Å². The van der Waals surface area contributed by atoms with Crippen LogP contribution in [0.25, 0.3) is 0 Å². The average Bonchev–Trinajstić information content (AvgIpc) is 2.63. The largest absolute Gasteiger partial charge is 0.347 e. The maximum atomic E-state index is 12.5. The minimum absolute atomic E-state index is 0.239. The van der Waals surface area contributed by atoms with E-state index in [1.807, 2.05) is 57.2 Å². The van der Waals surface area contributed by atoms with Crippen LogP contribution < -0.4 is 10.6 Å². The summed E-state index contributed by atoms with van der Waals surface area (Å²) in [5.41, 5.74) is 5.07. The van der Waals surface area contributed by atoms with Crippen molar-refractivity contribution in [3.8, 4) is 0 Å². The summed E-state index contributed by atoms with van der Waals surface area (Å²) in [7, 11) is 0. The molecule has 0 saturated heterocycles. The fourth-order valence-corrected chi connectivity index (χ4v) is 2.83. The fourth-order valence-electron chi connectivity index (χ4n) is 2.61. The number of anilines is 2. The topological polar surface area (TPSA) is 66.9 Å². The van der Waals surface area contributed by atoms with Gasteiger partial charge in [0.15, 0.2) is 0 Å². The highest BCUT2D eigenvalue weighted by Gasteiger charge is 2.11. The van der Waals surface area contributed by atoms with Gasteiger partial charge in [-0.05, 0) is 56.2 Å². The molecule has 3 rings (SSSR count). The number of halogens is 1. The van der Waals surface area contributed by atoms with Crippen molar-refractivity contribution in [1.29, 1.82) is 0 Å². The van der Waals surface area contributed by atoms with E-state index in [0.29, 0.717) is 28.9 Å². The van der Waals surface area contributed by atoms with Crippen LogP contribution in [-0.4, -0.2) is 15.9 Å². The van der Waals surface area contributed by atoms with Crippen LogP contribution in [0.15, 0.2) is 48.5 Å². The Bertz CT molecular complexity index is 970. The quantitative estimate of drug-likeness (QED) is 0.671. The molecule has 0 bridgehead atoms. The minimum atomic E-state index is -0.239. The first-order valence-electron chi connectivity index (χ1n) is 8.63. The van der Waals surface area contributed by atoms with Gasteiger partial charge in [0.2, 0.25) is 5.95 Å². The van der Waals surface area contributed by atoms with Crippen molar-refractivity contribution in [3.05, 3.63) is 81.6 Å².